The van der Waals surface area contributed by atoms with Crippen LogP contribution in [-0.2, 0) is 13.1 Å². The Morgan fingerprint density at radius 3 is 2.62 bits per heavy atom. The molecule has 29 heavy (non-hydrogen) atoms. The molecule has 0 aliphatic carbocycles. The van der Waals surface area contributed by atoms with Crippen LogP contribution in [0.15, 0.2) is 36.7 Å². The van der Waals surface area contributed by atoms with Crippen molar-refractivity contribution in [1.29, 1.82) is 0 Å². The summed E-state index contributed by atoms with van der Waals surface area (Å²) in [5.41, 5.74) is 1.03. The molecule has 0 saturated heterocycles. The molecule has 0 saturated carbocycles. The second-order valence-electron chi connectivity index (χ2n) is 6.48. The van der Waals surface area contributed by atoms with Crippen LogP contribution in [0.5, 0.6) is 0 Å². The molecule has 11 heteroatoms. The molecule has 0 atom stereocenters. The fraction of sp³-hybridized carbons (Fsp3) is 0.278. The number of halogens is 3. The van der Waals surface area contributed by atoms with Crippen molar-refractivity contribution < 1.29 is 22.9 Å². The van der Waals surface area contributed by atoms with Crippen molar-refractivity contribution in [3.63, 3.8) is 0 Å². The summed E-state index contributed by atoms with van der Waals surface area (Å²) in [6.07, 6.45) is -3.10. The summed E-state index contributed by atoms with van der Waals surface area (Å²) in [7, 11) is 0. The van der Waals surface area contributed by atoms with Gasteiger partial charge in [-0.15, -0.1) is 0 Å². The van der Waals surface area contributed by atoms with Crippen LogP contribution < -0.4 is 0 Å². The fourth-order valence-electron chi connectivity index (χ4n) is 3.00. The number of hydrogen-bond donors (Lipinski definition) is 0. The molecule has 0 aliphatic heterocycles. The summed E-state index contributed by atoms with van der Waals surface area (Å²) in [5, 5.41) is 15.0. The highest BCUT2D eigenvalue weighted by molar-refractivity contribution is 5.97. The second kappa shape index (κ2) is 7.49. The lowest BCUT2D eigenvalue weighted by atomic mass is 10.1. The van der Waals surface area contributed by atoms with Crippen LogP contribution in [0.4, 0.5) is 18.9 Å². The third-order valence-corrected chi connectivity index (χ3v) is 4.37. The number of carbonyl (C=O) groups excluding carboxylic acids is 1. The first-order chi connectivity index (χ1) is 13.5. The number of aryl methyl sites for hydroxylation is 1. The fourth-order valence-corrected chi connectivity index (χ4v) is 3.00. The van der Waals surface area contributed by atoms with Crippen molar-refractivity contribution in [2.75, 3.05) is 0 Å². The number of nitro groups is 1. The molecule has 0 aliphatic rings. The van der Waals surface area contributed by atoms with Crippen molar-refractivity contribution in [2.45, 2.75) is 33.1 Å². The number of nitro benzene ring substituents is 1. The Labute approximate surface area is 162 Å². The summed E-state index contributed by atoms with van der Waals surface area (Å²) in [4.78, 5) is 27.0. The molecule has 8 nitrogen and oxygen atoms in total. The van der Waals surface area contributed by atoms with E-state index in [-0.39, 0.29) is 29.3 Å². The van der Waals surface area contributed by atoms with E-state index in [1.165, 1.54) is 49.1 Å². The number of rotatable bonds is 6. The average Bonchev–Trinajstić information content (AvgIpc) is 3.21. The monoisotopic (exact) mass is 407 g/mol. The lowest BCUT2D eigenvalue weighted by Gasteiger charge is -2.12. The van der Waals surface area contributed by atoms with Crippen molar-refractivity contribution >= 4 is 11.5 Å². The predicted molar refractivity (Wildman–Crippen MR) is 96.4 cm³/mol. The first kappa shape index (κ1) is 20.2. The van der Waals surface area contributed by atoms with Gasteiger partial charge in [-0.3, -0.25) is 14.9 Å². The zero-order valence-electron chi connectivity index (χ0n) is 15.5. The Balaban J connectivity index is 1.80. The lowest BCUT2D eigenvalue weighted by Crippen LogP contribution is -2.20. The molecule has 3 aromatic rings. The molecule has 2 heterocycles. The van der Waals surface area contributed by atoms with E-state index in [1.54, 1.807) is 6.07 Å². The average molecular weight is 407 g/mol. The van der Waals surface area contributed by atoms with E-state index in [1.807, 2.05) is 0 Å². The maximum Gasteiger partial charge on any atom is 0.406 e. The van der Waals surface area contributed by atoms with E-state index in [0.29, 0.717) is 11.3 Å². The zero-order valence-corrected chi connectivity index (χ0v) is 15.5. The topological polar surface area (TPSA) is 95.8 Å². The highest BCUT2D eigenvalue weighted by Crippen LogP contribution is 2.24. The van der Waals surface area contributed by atoms with Gasteiger partial charge in [0, 0.05) is 34.6 Å². The third kappa shape index (κ3) is 4.50. The van der Waals surface area contributed by atoms with Gasteiger partial charge in [0.1, 0.15) is 19.4 Å². The molecule has 0 fully saturated rings. The van der Waals surface area contributed by atoms with E-state index in [4.69, 9.17) is 0 Å². The van der Waals surface area contributed by atoms with Crippen LogP contribution in [0.1, 0.15) is 21.7 Å². The van der Waals surface area contributed by atoms with Gasteiger partial charge in [-0.2, -0.15) is 18.3 Å². The first-order valence-electron chi connectivity index (χ1n) is 8.46. The molecule has 0 spiro atoms. The van der Waals surface area contributed by atoms with Crippen LogP contribution in [0.25, 0.3) is 11.4 Å². The maximum absolute atomic E-state index is 12.7. The number of benzene rings is 1. The summed E-state index contributed by atoms with van der Waals surface area (Å²) >= 11 is 0. The largest absolute Gasteiger partial charge is 0.406 e. The van der Waals surface area contributed by atoms with Crippen LogP contribution in [0, 0.1) is 24.0 Å². The second-order valence-corrected chi connectivity index (χ2v) is 6.48. The zero-order chi connectivity index (χ0) is 21.3. The van der Waals surface area contributed by atoms with Crippen LogP contribution in [-0.4, -0.2) is 36.2 Å². The quantitative estimate of drug-likeness (QED) is 0.353. The minimum Gasteiger partial charge on any atom is -0.339 e. The summed E-state index contributed by atoms with van der Waals surface area (Å²) in [6, 6.07) is 7.16. The van der Waals surface area contributed by atoms with Crippen molar-refractivity contribution in [2.24, 2.45) is 0 Å². The van der Waals surface area contributed by atoms with E-state index in [2.05, 4.69) is 10.1 Å². The highest BCUT2D eigenvalue weighted by atomic mass is 19.4. The number of Topliss-reactive ketones (excluding diaryl/α,β-unsaturated/α-hetero) is 1. The molecule has 3 rings (SSSR count). The maximum atomic E-state index is 12.7. The molecular weight excluding hydrogens is 391 g/mol. The van der Waals surface area contributed by atoms with Gasteiger partial charge in [0.2, 0.25) is 0 Å². The van der Waals surface area contributed by atoms with E-state index < -0.39 is 23.4 Å². The summed E-state index contributed by atoms with van der Waals surface area (Å²) < 4.78 is 40.5. The molecule has 1 aromatic carbocycles. The Hall–Kier alpha value is -3.50. The molecule has 0 N–H and O–H groups in total. The number of alkyl halides is 3. The van der Waals surface area contributed by atoms with Gasteiger partial charge in [-0.05, 0) is 19.9 Å². The molecular formula is C18H16F3N5O3. The normalized spacial score (nSPS) is 11.6. The number of aromatic nitrogens is 4. The van der Waals surface area contributed by atoms with E-state index in [0.717, 1.165) is 4.57 Å². The number of hydrogen-bond acceptors (Lipinski definition) is 5. The standard InChI is InChI=1S/C18H16F3N5O3/c1-11-6-15(12(2)25(11)9-18(19,20)21)16(27)8-24-10-22-17(23-24)13-4-3-5-14(7-13)26(28)29/h3-7,10H,8-9H2,1-2H3. The SMILES string of the molecule is Cc1cc(C(=O)Cn2cnc(-c3cccc([N+](=O)[O-])c3)n2)c(C)n1CC(F)(F)F. The predicted octanol–water partition coefficient (Wildman–Crippen LogP) is 3.72. The van der Waals surface area contributed by atoms with Gasteiger partial charge < -0.3 is 4.57 Å². The van der Waals surface area contributed by atoms with Crippen LogP contribution in [0.3, 0.4) is 0 Å². The lowest BCUT2D eigenvalue weighted by molar-refractivity contribution is -0.384. The molecule has 0 bridgehead atoms. The highest BCUT2D eigenvalue weighted by Gasteiger charge is 2.30. The molecule has 2 aromatic heterocycles. The number of non-ortho nitro benzene ring substituents is 1. The Morgan fingerprint density at radius 1 is 1.24 bits per heavy atom. The van der Waals surface area contributed by atoms with Gasteiger partial charge in [0.25, 0.3) is 5.69 Å². The Kier molecular flexibility index (Phi) is 5.23. The summed E-state index contributed by atoms with van der Waals surface area (Å²) in [6.45, 7) is 1.57. The van der Waals surface area contributed by atoms with Gasteiger partial charge in [-0.1, -0.05) is 12.1 Å². The molecule has 0 radical (unpaired) electrons. The molecule has 0 amide bonds. The third-order valence-electron chi connectivity index (χ3n) is 4.37. The molecule has 152 valence electrons. The van der Waals surface area contributed by atoms with Crippen LogP contribution >= 0.6 is 0 Å². The first-order valence-corrected chi connectivity index (χ1v) is 8.46. The smallest absolute Gasteiger partial charge is 0.339 e. The number of nitrogens with zero attached hydrogens (tertiary/aromatic N) is 5. The molecule has 0 unspecified atom stereocenters. The van der Waals surface area contributed by atoms with Gasteiger partial charge >= 0.3 is 6.18 Å². The van der Waals surface area contributed by atoms with Crippen molar-refractivity contribution in [3.05, 3.63) is 63.7 Å². The number of ketones is 1. The minimum absolute atomic E-state index is 0.118. The Bertz CT molecular complexity index is 1080. The minimum atomic E-state index is -4.39. The van der Waals surface area contributed by atoms with Crippen molar-refractivity contribution in [3.8, 4) is 11.4 Å². The van der Waals surface area contributed by atoms with Gasteiger partial charge in [-0.25, -0.2) is 9.67 Å². The van der Waals surface area contributed by atoms with E-state index in [9.17, 15) is 28.1 Å². The van der Waals surface area contributed by atoms with Gasteiger partial charge in [0.15, 0.2) is 11.6 Å². The Morgan fingerprint density at radius 2 is 1.97 bits per heavy atom. The van der Waals surface area contributed by atoms with Crippen molar-refractivity contribution in [1.82, 2.24) is 19.3 Å². The summed E-state index contributed by atoms with van der Waals surface area (Å²) in [5.74, 6) is -0.217. The van der Waals surface area contributed by atoms with Crippen LogP contribution in [0.2, 0.25) is 0 Å². The van der Waals surface area contributed by atoms with E-state index >= 15 is 0 Å². The van der Waals surface area contributed by atoms with Gasteiger partial charge in [0.05, 0.1) is 4.92 Å². The number of carbonyl (C=O) groups is 1.